The van der Waals surface area contributed by atoms with Crippen molar-refractivity contribution in [3.63, 3.8) is 0 Å². The number of hydrogen-bond acceptors (Lipinski definition) is 1. The van der Waals surface area contributed by atoms with Crippen molar-refractivity contribution in [3.8, 4) is 5.75 Å². The van der Waals surface area contributed by atoms with Crippen molar-refractivity contribution in [2.75, 3.05) is 0 Å². The molecular weight excluding hydrogens is 378 g/mol. The summed E-state index contributed by atoms with van der Waals surface area (Å²) >= 11 is 0. The van der Waals surface area contributed by atoms with Crippen LogP contribution in [0.3, 0.4) is 0 Å². The van der Waals surface area contributed by atoms with Gasteiger partial charge in [0, 0.05) is 5.56 Å². The van der Waals surface area contributed by atoms with E-state index in [-0.39, 0.29) is 11.9 Å². The zero-order valence-electron chi connectivity index (χ0n) is 18.8. The summed E-state index contributed by atoms with van der Waals surface area (Å²) in [7, 11) is 0. The summed E-state index contributed by atoms with van der Waals surface area (Å²) in [6.45, 7) is 8.02. The van der Waals surface area contributed by atoms with Gasteiger partial charge in [0.05, 0.1) is 6.10 Å². The molecule has 0 aliphatic carbocycles. The Labute approximate surface area is 180 Å². The number of halogens is 2. The first-order valence-electron chi connectivity index (χ1n) is 11.4. The molecule has 0 saturated heterocycles. The molecule has 0 bridgehead atoms. The lowest BCUT2D eigenvalue weighted by molar-refractivity contribution is 0.150. The van der Waals surface area contributed by atoms with Crippen LogP contribution >= 0.6 is 0 Å². The summed E-state index contributed by atoms with van der Waals surface area (Å²) in [5.41, 5.74) is 5.40. The second-order valence-electron chi connectivity index (χ2n) is 8.52. The molecule has 1 nitrogen and oxygen atoms in total. The lowest BCUT2D eigenvalue weighted by Crippen LogP contribution is -2.25. The lowest BCUT2D eigenvalue weighted by atomic mass is 9.90. The van der Waals surface area contributed by atoms with Gasteiger partial charge in [-0.3, -0.25) is 0 Å². The second-order valence-corrected chi connectivity index (χ2v) is 8.52. The molecule has 1 aliphatic heterocycles. The van der Waals surface area contributed by atoms with Crippen LogP contribution in [-0.4, -0.2) is 6.10 Å². The maximum absolute atomic E-state index is 14.7. The van der Waals surface area contributed by atoms with Gasteiger partial charge in [-0.05, 0) is 73.8 Å². The van der Waals surface area contributed by atoms with Crippen molar-refractivity contribution in [3.05, 3.63) is 63.7 Å². The normalized spacial score (nSPS) is 16.3. The first-order chi connectivity index (χ1) is 14.5. The number of ether oxygens (including phenoxy) is 1. The largest absolute Gasteiger partial charge is 0.487 e. The van der Waals surface area contributed by atoms with E-state index < -0.39 is 11.6 Å². The molecule has 30 heavy (non-hydrogen) atoms. The van der Waals surface area contributed by atoms with Crippen molar-refractivity contribution in [1.82, 2.24) is 0 Å². The Bertz CT molecular complexity index is 896. The molecule has 0 spiro atoms. The number of fused-ring (bicyclic) bond motifs is 1. The maximum atomic E-state index is 14.7. The number of aryl methyl sites for hydroxylation is 1. The molecule has 0 radical (unpaired) electrons. The number of rotatable bonds is 8. The Morgan fingerprint density at radius 1 is 1.07 bits per heavy atom. The fourth-order valence-corrected chi connectivity index (χ4v) is 4.31. The van der Waals surface area contributed by atoms with E-state index in [0.29, 0.717) is 5.56 Å². The highest BCUT2D eigenvalue weighted by Crippen LogP contribution is 2.39. The molecule has 2 aromatic rings. The summed E-state index contributed by atoms with van der Waals surface area (Å²) in [6.07, 6.45) is 9.97. The van der Waals surface area contributed by atoms with Crippen LogP contribution in [0.1, 0.15) is 87.1 Å². The molecule has 1 atom stereocenters. The summed E-state index contributed by atoms with van der Waals surface area (Å²) in [5.74, 6) is -1.50. The van der Waals surface area contributed by atoms with Gasteiger partial charge in [-0.15, -0.1) is 0 Å². The van der Waals surface area contributed by atoms with Gasteiger partial charge >= 0.3 is 0 Å². The Kier molecular flexibility index (Phi) is 7.69. The van der Waals surface area contributed by atoms with Crippen molar-refractivity contribution in [1.29, 1.82) is 0 Å². The molecule has 0 aromatic heterocycles. The fraction of sp³-hybridized carbons (Fsp3) is 0.481. The van der Waals surface area contributed by atoms with Crippen LogP contribution in [0.25, 0.3) is 11.6 Å². The third kappa shape index (κ3) is 4.94. The van der Waals surface area contributed by atoms with Gasteiger partial charge in [0.15, 0.2) is 11.6 Å². The molecule has 1 unspecified atom stereocenters. The summed E-state index contributed by atoms with van der Waals surface area (Å²) in [6, 6.07) is 8.51. The monoisotopic (exact) mass is 412 g/mol. The summed E-state index contributed by atoms with van der Waals surface area (Å²) < 4.78 is 35.4. The predicted octanol–water partition coefficient (Wildman–Crippen LogP) is 8.06. The predicted molar refractivity (Wildman–Crippen MR) is 122 cm³/mol. The van der Waals surface area contributed by atoms with Crippen LogP contribution in [-0.2, 0) is 12.8 Å². The molecule has 3 rings (SSSR count). The highest BCUT2D eigenvalue weighted by Gasteiger charge is 2.29. The Morgan fingerprint density at radius 2 is 1.80 bits per heavy atom. The molecule has 3 heteroatoms. The van der Waals surface area contributed by atoms with Crippen LogP contribution in [0.2, 0.25) is 0 Å². The minimum atomic E-state index is -0.832. The third-order valence-electron chi connectivity index (χ3n) is 6.16. The van der Waals surface area contributed by atoms with E-state index >= 15 is 0 Å². The van der Waals surface area contributed by atoms with Gasteiger partial charge < -0.3 is 4.74 Å². The molecule has 2 aromatic carbocycles. The van der Waals surface area contributed by atoms with Crippen molar-refractivity contribution in [2.45, 2.75) is 85.2 Å². The standard InChI is InChI=1S/C27H34F2O/c1-5-7-8-10-22-15-16-23-24(19(4)25(28)26(29)27(23)30-22)17-18(3)21-13-11-20(9-6-2)12-14-21/h11-14,17,22H,5-10,15-16H2,1-4H3/b18-17+. The molecule has 0 amide bonds. The number of benzene rings is 2. The molecule has 1 aliphatic rings. The van der Waals surface area contributed by atoms with Gasteiger partial charge in [-0.1, -0.05) is 63.5 Å². The molecule has 1 heterocycles. The van der Waals surface area contributed by atoms with Gasteiger partial charge in [-0.25, -0.2) is 4.39 Å². The number of hydrogen-bond donors (Lipinski definition) is 0. The lowest BCUT2D eigenvalue weighted by Gasteiger charge is -2.29. The molecule has 0 fully saturated rings. The Balaban J connectivity index is 1.92. The van der Waals surface area contributed by atoms with Crippen LogP contribution in [0, 0.1) is 18.6 Å². The second kappa shape index (κ2) is 10.2. The van der Waals surface area contributed by atoms with Crippen molar-refractivity contribution in [2.24, 2.45) is 0 Å². The number of unbranched alkanes of at least 4 members (excludes halogenated alkanes) is 2. The van der Waals surface area contributed by atoms with Crippen LogP contribution in [0.15, 0.2) is 24.3 Å². The summed E-state index contributed by atoms with van der Waals surface area (Å²) in [4.78, 5) is 0. The SMILES string of the molecule is CCCCCC1CCc2c(/C=C(\C)c3ccc(CCC)cc3)c(C)c(F)c(F)c2O1. The van der Waals surface area contributed by atoms with E-state index in [1.165, 1.54) is 5.56 Å². The topological polar surface area (TPSA) is 9.23 Å². The average Bonchev–Trinajstić information content (AvgIpc) is 2.76. The Hall–Kier alpha value is -2.16. The maximum Gasteiger partial charge on any atom is 0.201 e. The minimum Gasteiger partial charge on any atom is -0.487 e. The van der Waals surface area contributed by atoms with Crippen LogP contribution in [0.4, 0.5) is 8.78 Å². The fourth-order valence-electron chi connectivity index (χ4n) is 4.31. The van der Waals surface area contributed by atoms with Gasteiger partial charge in [0.2, 0.25) is 5.82 Å². The highest BCUT2D eigenvalue weighted by atomic mass is 19.2. The molecule has 0 saturated carbocycles. The highest BCUT2D eigenvalue weighted by molar-refractivity contribution is 5.83. The minimum absolute atomic E-state index is 0.0234. The van der Waals surface area contributed by atoms with E-state index in [9.17, 15) is 8.78 Å². The quantitative estimate of drug-likeness (QED) is 0.315. The van der Waals surface area contributed by atoms with Crippen molar-refractivity contribution >= 4 is 11.6 Å². The van der Waals surface area contributed by atoms with Gasteiger partial charge in [0.1, 0.15) is 0 Å². The van der Waals surface area contributed by atoms with E-state index in [1.807, 2.05) is 13.0 Å². The first-order valence-corrected chi connectivity index (χ1v) is 11.4. The summed E-state index contributed by atoms with van der Waals surface area (Å²) in [5, 5.41) is 0. The zero-order chi connectivity index (χ0) is 21.7. The van der Waals surface area contributed by atoms with Gasteiger partial charge in [0.25, 0.3) is 0 Å². The Morgan fingerprint density at radius 3 is 2.47 bits per heavy atom. The molecular formula is C27H34F2O. The molecule has 0 N–H and O–H groups in total. The van der Waals surface area contributed by atoms with Crippen LogP contribution < -0.4 is 4.74 Å². The average molecular weight is 413 g/mol. The van der Waals surface area contributed by atoms with E-state index in [2.05, 4.69) is 38.1 Å². The number of allylic oxidation sites excluding steroid dienone is 1. The third-order valence-corrected chi connectivity index (χ3v) is 6.16. The van der Waals surface area contributed by atoms with E-state index in [4.69, 9.17) is 4.74 Å². The van der Waals surface area contributed by atoms with Gasteiger partial charge in [-0.2, -0.15) is 4.39 Å². The zero-order valence-corrected chi connectivity index (χ0v) is 18.8. The van der Waals surface area contributed by atoms with Crippen molar-refractivity contribution < 1.29 is 13.5 Å². The molecule has 162 valence electrons. The van der Waals surface area contributed by atoms with E-state index in [0.717, 1.165) is 73.6 Å². The smallest absolute Gasteiger partial charge is 0.201 e. The van der Waals surface area contributed by atoms with E-state index in [1.54, 1.807) is 6.92 Å². The first kappa shape index (κ1) is 22.5. The van der Waals surface area contributed by atoms with Crippen LogP contribution in [0.5, 0.6) is 5.75 Å².